The number of hydrogen-bond acceptors (Lipinski definition) is 3. The molecule has 1 atom stereocenters. The molecule has 0 spiro atoms. The largest absolute Gasteiger partial charge is 0.322 e. The lowest BCUT2D eigenvalue weighted by Gasteiger charge is -2.21. The number of hydrogen-bond donors (Lipinski definition) is 1. The van der Waals surface area contributed by atoms with E-state index in [1.165, 1.54) is 10.4 Å². The zero-order valence-electron chi connectivity index (χ0n) is 10.3. The molecule has 1 aromatic heterocycles. The van der Waals surface area contributed by atoms with E-state index in [2.05, 4.69) is 57.5 Å². The molecule has 0 bridgehead atoms. The average molecular weight is 325 g/mol. The molecule has 18 heavy (non-hydrogen) atoms. The van der Waals surface area contributed by atoms with E-state index in [-0.39, 0.29) is 6.04 Å². The number of halogens is 1. The minimum absolute atomic E-state index is 0.0949. The first-order valence-corrected chi connectivity index (χ1v) is 7.55. The Morgan fingerprint density at radius 2 is 2.06 bits per heavy atom. The van der Waals surface area contributed by atoms with Gasteiger partial charge in [-0.25, -0.2) is 0 Å². The second-order valence-electron chi connectivity index (χ2n) is 4.41. The van der Waals surface area contributed by atoms with Crippen LogP contribution in [0.25, 0.3) is 0 Å². The highest BCUT2D eigenvalue weighted by molar-refractivity contribution is 9.10. The van der Waals surface area contributed by atoms with Crippen LogP contribution in [0.4, 0.5) is 0 Å². The van der Waals surface area contributed by atoms with E-state index in [1.54, 1.807) is 11.3 Å². The van der Waals surface area contributed by atoms with Crippen LogP contribution in [0.1, 0.15) is 16.5 Å². The van der Waals surface area contributed by atoms with Gasteiger partial charge in [-0.3, -0.25) is 0 Å². The van der Waals surface area contributed by atoms with Gasteiger partial charge >= 0.3 is 0 Å². The molecule has 1 aromatic carbocycles. The number of nitrogens with zero attached hydrogens (tertiary/aromatic N) is 1. The van der Waals surface area contributed by atoms with Gasteiger partial charge in [0.1, 0.15) is 0 Å². The van der Waals surface area contributed by atoms with Gasteiger partial charge in [0.25, 0.3) is 0 Å². The van der Waals surface area contributed by atoms with Gasteiger partial charge in [0, 0.05) is 22.4 Å². The van der Waals surface area contributed by atoms with E-state index in [4.69, 9.17) is 5.73 Å². The number of thiophene rings is 1. The molecule has 0 aliphatic rings. The van der Waals surface area contributed by atoms with Crippen molar-refractivity contribution >= 4 is 27.3 Å². The Bertz CT molecular complexity index is 484. The van der Waals surface area contributed by atoms with Crippen molar-refractivity contribution in [2.75, 3.05) is 13.6 Å². The topological polar surface area (TPSA) is 29.3 Å². The van der Waals surface area contributed by atoms with Crippen LogP contribution in [-0.2, 0) is 6.54 Å². The molecule has 0 amide bonds. The highest BCUT2D eigenvalue weighted by Gasteiger charge is 2.11. The van der Waals surface area contributed by atoms with Crippen LogP contribution >= 0.6 is 27.3 Å². The molecule has 2 rings (SSSR count). The summed E-state index contributed by atoms with van der Waals surface area (Å²) in [7, 11) is 2.10. The predicted octanol–water partition coefficient (Wildman–Crippen LogP) is 3.64. The Kier molecular flexibility index (Phi) is 4.95. The second-order valence-corrected chi connectivity index (χ2v) is 6.24. The van der Waals surface area contributed by atoms with Gasteiger partial charge in [0.05, 0.1) is 6.04 Å². The van der Waals surface area contributed by atoms with Gasteiger partial charge in [0.15, 0.2) is 0 Å². The van der Waals surface area contributed by atoms with Crippen LogP contribution in [0, 0.1) is 0 Å². The van der Waals surface area contributed by atoms with Gasteiger partial charge in [-0.2, -0.15) is 0 Å². The van der Waals surface area contributed by atoms with E-state index < -0.39 is 0 Å². The zero-order chi connectivity index (χ0) is 13.0. The number of nitrogens with two attached hydrogens (primary N) is 1. The van der Waals surface area contributed by atoms with Crippen molar-refractivity contribution in [2.45, 2.75) is 12.6 Å². The first kappa shape index (κ1) is 13.7. The molecule has 2 aromatic rings. The second kappa shape index (κ2) is 6.48. The maximum atomic E-state index is 6.19. The molecule has 0 aliphatic heterocycles. The van der Waals surface area contributed by atoms with Gasteiger partial charge in [0.2, 0.25) is 0 Å². The van der Waals surface area contributed by atoms with E-state index in [0.29, 0.717) is 0 Å². The van der Waals surface area contributed by atoms with Gasteiger partial charge in [-0.05, 0) is 30.1 Å². The van der Waals surface area contributed by atoms with E-state index in [1.807, 2.05) is 12.1 Å². The van der Waals surface area contributed by atoms with Crippen LogP contribution in [0.15, 0.2) is 46.3 Å². The van der Waals surface area contributed by atoms with Gasteiger partial charge in [-0.15, -0.1) is 11.3 Å². The highest BCUT2D eigenvalue weighted by atomic mass is 79.9. The Morgan fingerprint density at radius 1 is 1.28 bits per heavy atom. The van der Waals surface area contributed by atoms with Crippen molar-refractivity contribution in [2.24, 2.45) is 5.73 Å². The van der Waals surface area contributed by atoms with Crippen LogP contribution < -0.4 is 5.73 Å². The summed E-state index contributed by atoms with van der Waals surface area (Å²) in [5, 5.41) is 2.07. The molecule has 0 fully saturated rings. The molecular weight excluding hydrogens is 308 g/mol. The van der Waals surface area contributed by atoms with E-state index in [0.717, 1.165) is 17.6 Å². The molecule has 1 unspecified atom stereocenters. The Labute approximate surface area is 121 Å². The van der Waals surface area contributed by atoms with E-state index >= 15 is 0 Å². The molecule has 0 saturated carbocycles. The molecule has 0 aliphatic carbocycles. The maximum Gasteiger partial charge on any atom is 0.0519 e. The van der Waals surface area contributed by atoms with Crippen molar-refractivity contribution < 1.29 is 0 Å². The third-order valence-corrected chi connectivity index (χ3v) is 4.59. The minimum Gasteiger partial charge on any atom is -0.322 e. The normalized spacial score (nSPS) is 12.9. The van der Waals surface area contributed by atoms with Crippen molar-refractivity contribution in [3.8, 4) is 0 Å². The van der Waals surface area contributed by atoms with Crippen molar-refractivity contribution in [1.29, 1.82) is 0 Å². The van der Waals surface area contributed by atoms with Crippen molar-refractivity contribution in [1.82, 2.24) is 4.90 Å². The minimum atomic E-state index is 0.0949. The number of rotatable bonds is 5. The lowest BCUT2D eigenvalue weighted by atomic mass is 10.2. The number of benzene rings is 1. The first-order chi connectivity index (χ1) is 8.66. The van der Waals surface area contributed by atoms with Gasteiger partial charge < -0.3 is 10.6 Å². The summed E-state index contributed by atoms with van der Waals surface area (Å²) >= 11 is 5.30. The monoisotopic (exact) mass is 324 g/mol. The summed E-state index contributed by atoms with van der Waals surface area (Å²) < 4.78 is 1.15. The molecular formula is C14H17BrN2S. The Hall–Kier alpha value is -0.680. The highest BCUT2D eigenvalue weighted by Crippen LogP contribution is 2.20. The standard InChI is InChI=1S/C14H17BrN2S/c1-17(9-11-5-2-3-6-12(11)15)10-13(16)14-7-4-8-18-14/h2-8,13H,9-10,16H2,1H3. The molecule has 4 heteroatoms. The third kappa shape index (κ3) is 3.65. The molecule has 0 radical (unpaired) electrons. The fourth-order valence-corrected chi connectivity index (χ4v) is 3.04. The first-order valence-electron chi connectivity index (χ1n) is 5.87. The molecule has 2 nitrogen and oxygen atoms in total. The summed E-state index contributed by atoms with van der Waals surface area (Å²) in [6.45, 7) is 1.77. The summed E-state index contributed by atoms with van der Waals surface area (Å²) in [6.07, 6.45) is 0. The maximum absolute atomic E-state index is 6.19. The molecule has 2 N–H and O–H groups in total. The summed E-state index contributed by atoms with van der Waals surface area (Å²) in [5.41, 5.74) is 7.48. The molecule has 1 heterocycles. The predicted molar refractivity (Wildman–Crippen MR) is 81.7 cm³/mol. The van der Waals surface area contributed by atoms with Crippen molar-refractivity contribution in [3.63, 3.8) is 0 Å². The Balaban J connectivity index is 1.93. The molecule has 0 saturated heterocycles. The van der Waals surface area contributed by atoms with Gasteiger partial charge in [-0.1, -0.05) is 40.2 Å². The summed E-state index contributed by atoms with van der Waals surface area (Å²) in [5.74, 6) is 0. The summed E-state index contributed by atoms with van der Waals surface area (Å²) in [6, 6.07) is 12.5. The lowest BCUT2D eigenvalue weighted by molar-refractivity contribution is 0.306. The Morgan fingerprint density at radius 3 is 2.72 bits per heavy atom. The lowest BCUT2D eigenvalue weighted by Crippen LogP contribution is -2.28. The fourth-order valence-electron chi connectivity index (χ4n) is 1.91. The average Bonchev–Trinajstić information content (AvgIpc) is 2.85. The quantitative estimate of drug-likeness (QED) is 0.909. The third-order valence-electron chi connectivity index (χ3n) is 2.82. The zero-order valence-corrected chi connectivity index (χ0v) is 12.7. The van der Waals surface area contributed by atoms with Crippen molar-refractivity contribution in [3.05, 3.63) is 56.7 Å². The van der Waals surface area contributed by atoms with E-state index in [9.17, 15) is 0 Å². The van der Waals surface area contributed by atoms with Crippen LogP contribution in [0.5, 0.6) is 0 Å². The van der Waals surface area contributed by atoms with Crippen LogP contribution in [0.3, 0.4) is 0 Å². The number of likely N-dealkylation sites (N-methyl/N-ethyl adjacent to an activating group) is 1. The summed E-state index contributed by atoms with van der Waals surface area (Å²) in [4.78, 5) is 3.50. The fraction of sp³-hybridized carbons (Fsp3) is 0.286. The smallest absolute Gasteiger partial charge is 0.0519 e. The molecule has 96 valence electrons. The van der Waals surface area contributed by atoms with Crippen LogP contribution in [-0.4, -0.2) is 18.5 Å². The SMILES string of the molecule is CN(Cc1ccccc1Br)CC(N)c1cccs1. The van der Waals surface area contributed by atoms with Crippen LogP contribution in [0.2, 0.25) is 0 Å².